The van der Waals surface area contributed by atoms with Crippen molar-refractivity contribution in [2.45, 2.75) is 33.2 Å². The molecule has 0 aliphatic rings. The maximum Gasteiger partial charge on any atom is 0.257 e. The standard InChI is InChI=1S/C21H23ClN4O/c1-3-5-20-19(14-24-26(20)18-8-6-17(22)7-9-18)21(27)25(4-2)15-16-10-12-23-13-11-16/h6-14H,3-5,15H2,1-2H3. The molecule has 0 aliphatic carbocycles. The summed E-state index contributed by atoms with van der Waals surface area (Å²) in [5.74, 6) is -0.00187. The third-order valence-electron chi connectivity index (χ3n) is 4.45. The normalized spacial score (nSPS) is 10.8. The molecule has 1 amide bonds. The minimum Gasteiger partial charge on any atom is -0.334 e. The monoisotopic (exact) mass is 382 g/mol. The highest BCUT2D eigenvalue weighted by atomic mass is 35.5. The summed E-state index contributed by atoms with van der Waals surface area (Å²) >= 11 is 6.00. The van der Waals surface area contributed by atoms with E-state index in [-0.39, 0.29) is 5.91 Å². The Labute approximate surface area is 164 Å². The topological polar surface area (TPSA) is 51.0 Å². The number of aromatic nitrogens is 3. The number of pyridine rings is 1. The first kappa shape index (κ1) is 19.1. The minimum absolute atomic E-state index is 0.00187. The Balaban J connectivity index is 1.92. The van der Waals surface area contributed by atoms with Crippen molar-refractivity contribution in [1.82, 2.24) is 19.7 Å². The highest BCUT2D eigenvalue weighted by Gasteiger charge is 2.22. The third-order valence-corrected chi connectivity index (χ3v) is 4.70. The van der Waals surface area contributed by atoms with Crippen LogP contribution in [0, 0.1) is 0 Å². The quantitative estimate of drug-likeness (QED) is 0.603. The zero-order valence-electron chi connectivity index (χ0n) is 15.6. The van der Waals surface area contributed by atoms with Gasteiger partial charge in [-0.1, -0.05) is 24.9 Å². The predicted octanol–water partition coefficient (Wildman–Crippen LogP) is 4.54. The highest BCUT2D eigenvalue weighted by Crippen LogP contribution is 2.21. The Kier molecular flexibility index (Phi) is 6.24. The van der Waals surface area contributed by atoms with E-state index in [1.54, 1.807) is 18.6 Å². The molecule has 1 aromatic carbocycles. The van der Waals surface area contributed by atoms with E-state index >= 15 is 0 Å². The van der Waals surface area contributed by atoms with E-state index in [2.05, 4.69) is 17.0 Å². The number of hydrogen-bond donors (Lipinski definition) is 0. The molecule has 3 aromatic rings. The number of halogens is 1. The second-order valence-electron chi connectivity index (χ2n) is 6.32. The van der Waals surface area contributed by atoms with Crippen molar-refractivity contribution in [1.29, 1.82) is 0 Å². The van der Waals surface area contributed by atoms with Gasteiger partial charge in [-0.05, 0) is 55.3 Å². The molecule has 0 bridgehead atoms. The summed E-state index contributed by atoms with van der Waals surface area (Å²) in [5.41, 5.74) is 3.54. The molecule has 2 aromatic heterocycles. The van der Waals surface area contributed by atoms with Crippen LogP contribution in [0.15, 0.2) is 55.0 Å². The zero-order valence-corrected chi connectivity index (χ0v) is 16.4. The van der Waals surface area contributed by atoms with Gasteiger partial charge in [-0.25, -0.2) is 4.68 Å². The van der Waals surface area contributed by atoms with Gasteiger partial charge in [-0.3, -0.25) is 9.78 Å². The molecular formula is C21H23ClN4O. The number of benzene rings is 1. The fraction of sp³-hybridized carbons (Fsp3) is 0.286. The van der Waals surface area contributed by atoms with E-state index in [0.717, 1.165) is 29.8 Å². The maximum absolute atomic E-state index is 13.2. The van der Waals surface area contributed by atoms with Gasteiger partial charge < -0.3 is 4.90 Å². The number of rotatable bonds is 7. The predicted molar refractivity (Wildman–Crippen MR) is 107 cm³/mol. The molecule has 3 rings (SSSR count). The van der Waals surface area contributed by atoms with Gasteiger partial charge in [-0.2, -0.15) is 5.10 Å². The maximum atomic E-state index is 13.2. The minimum atomic E-state index is -0.00187. The Morgan fingerprint density at radius 2 is 1.81 bits per heavy atom. The number of hydrogen-bond acceptors (Lipinski definition) is 3. The Hall–Kier alpha value is -2.66. The van der Waals surface area contributed by atoms with Crippen molar-refractivity contribution in [3.63, 3.8) is 0 Å². The molecule has 140 valence electrons. The lowest BCUT2D eigenvalue weighted by molar-refractivity contribution is 0.0751. The fourth-order valence-electron chi connectivity index (χ4n) is 3.04. The lowest BCUT2D eigenvalue weighted by Crippen LogP contribution is -2.31. The first-order chi connectivity index (χ1) is 13.1. The van der Waals surface area contributed by atoms with E-state index in [0.29, 0.717) is 23.7 Å². The largest absolute Gasteiger partial charge is 0.334 e. The fourth-order valence-corrected chi connectivity index (χ4v) is 3.17. The molecule has 0 spiro atoms. The van der Waals surface area contributed by atoms with Crippen molar-refractivity contribution in [3.8, 4) is 5.69 Å². The number of carbonyl (C=O) groups is 1. The summed E-state index contributed by atoms with van der Waals surface area (Å²) in [6.45, 7) is 5.26. The number of nitrogens with zero attached hydrogens (tertiary/aromatic N) is 4. The third kappa shape index (κ3) is 4.37. The van der Waals surface area contributed by atoms with Crippen LogP contribution in [0.2, 0.25) is 5.02 Å². The number of amides is 1. The van der Waals surface area contributed by atoms with Crippen LogP contribution in [0.25, 0.3) is 5.69 Å². The van der Waals surface area contributed by atoms with E-state index in [1.807, 2.05) is 52.9 Å². The first-order valence-corrected chi connectivity index (χ1v) is 9.52. The summed E-state index contributed by atoms with van der Waals surface area (Å²) in [6.07, 6.45) is 6.87. The van der Waals surface area contributed by atoms with Gasteiger partial charge >= 0.3 is 0 Å². The van der Waals surface area contributed by atoms with Crippen molar-refractivity contribution in [2.24, 2.45) is 0 Å². The molecule has 0 fully saturated rings. The smallest absolute Gasteiger partial charge is 0.257 e. The molecule has 0 saturated carbocycles. The van der Waals surface area contributed by atoms with E-state index in [4.69, 9.17) is 11.6 Å². The summed E-state index contributed by atoms with van der Waals surface area (Å²) in [5, 5.41) is 5.17. The van der Waals surface area contributed by atoms with Crippen molar-refractivity contribution < 1.29 is 4.79 Å². The number of carbonyl (C=O) groups excluding carboxylic acids is 1. The van der Waals surface area contributed by atoms with Gasteiger partial charge in [0.1, 0.15) is 0 Å². The van der Waals surface area contributed by atoms with Crippen LogP contribution in [0.3, 0.4) is 0 Å². The molecule has 0 saturated heterocycles. The van der Waals surface area contributed by atoms with Crippen LogP contribution in [-0.2, 0) is 13.0 Å². The van der Waals surface area contributed by atoms with Gasteiger partial charge in [0.05, 0.1) is 23.1 Å². The van der Waals surface area contributed by atoms with Crippen LogP contribution in [0.1, 0.15) is 41.9 Å². The molecular weight excluding hydrogens is 360 g/mol. The summed E-state index contributed by atoms with van der Waals surface area (Å²) in [4.78, 5) is 19.1. The average Bonchev–Trinajstić information content (AvgIpc) is 3.11. The lowest BCUT2D eigenvalue weighted by Gasteiger charge is -2.21. The van der Waals surface area contributed by atoms with Gasteiger partial charge in [0.15, 0.2) is 0 Å². The Morgan fingerprint density at radius 3 is 2.44 bits per heavy atom. The van der Waals surface area contributed by atoms with Crippen LogP contribution in [-0.4, -0.2) is 32.1 Å². The van der Waals surface area contributed by atoms with E-state index in [1.165, 1.54) is 0 Å². The molecule has 0 atom stereocenters. The average molecular weight is 383 g/mol. The molecule has 5 nitrogen and oxygen atoms in total. The van der Waals surface area contributed by atoms with Gasteiger partial charge in [0.25, 0.3) is 5.91 Å². The van der Waals surface area contributed by atoms with Gasteiger partial charge in [-0.15, -0.1) is 0 Å². The second-order valence-corrected chi connectivity index (χ2v) is 6.75. The first-order valence-electron chi connectivity index (χ1n) is 9.15. The molecule has 0 aliphatic heterocycles. The summed E-state index contributed by atoms with van der Waals surface area (Å²) in [6, 6.07) is 11.4. The lowest BCUT2D eigenvalue weighted by atomic mass is 10.1. The van der Waals surface area contributed by atoms with Gasteiger partial charge in [0.2, 0.25) is 0 Å². The molecule has 0 unspecified atom stereocenters. The molecule has 27 heavy (non-hydrogen) atoms. The van der Waals surface area contributed by atoms with E-state index < -0.39 is 0 Å². The van der Waals surface area contributed by atoms with Crippen LogP contribution < -0.4 is 0 Å². The van der Waals surface area contributed by atoms with Crippen LogP contribution >= 0.6 is 11.6 Å². The molecule has 0 radical (unpaired) electrons. The Bertz CT molecular complexity index is 890. The molecule has 2 heterocycles. The zero-order chi connectivity index (χ0) is 19.2. The summed E-state index contributed by atoms with van der Waals surface area (Å²) < 4.78 is 1.84. The SMILES string of the molecule is CCCc1c(C(=O)N(CC)Cc2ccncc2)cnn1-c1ccc(Cl)cc1. The summed E-state index contributed by atoms with van der Waals surface area (Å²) in [7, 11) is 0. The van der Waals surface area contributed by atoms with Crippen molar-refractivity contribution in [2.75, 3.05) is 6.54 Å². The van der Waals surface area contributed by atoms with Crippen LogP contribution in [0.4, 0.5) is 0 Å². The molecule has 6 heteroatoms. The molecule has 0 N–H and O–H groups in total. The second kappa shape index (κ2) is 8.82. The van der Waals surface area contributed by atoms with Crippen molar-refractivity contribution >= 4 is 17.5 Å². The Morgan fingerprint density at radius 1 is 1.11 bits per heavy atom. The van der Waals surface area contributed by atoms with Crippen molar-refractivity contribution in [3.05, 3.63) is 76.8 Å². The highest BCUT2D eigenvalue weighted by molar-refractivity contribution is 6.30. The van der Waals surface area contributed by atoms with Crippen LogP contribution in [0.5, 0.6) is 0 Å². The van der Waals surface area contributed by atoms with Gasteiger partial charge in [0, 0.05) is 30.5 Å². The van der Waals surface area contributed by atoms with E-state index in [9.17, 15) is 4.79 Å².